The van der Waals surface area contributed by atoms with Crippen molar-refractivity contribution in [1.29, 1.82) is 0 Å². The molecule has 2 fully saturated rings. The van der Waals surface area contributed by atoms with E-state index in [-0.39, 0.29) is 0 Å². The molecule has 2 aliphatic rings. The van der Waals surface area contributed by atoms with Gasteiger partial charge in [-0.3, -0.25) is 4.90 Å². The highest BCUT2D eigenvalue weighted by Gasteiger charge is 2.34. The maximum absolute atomic E-state index is 5.68. The molecule has 2 atom stereocenters. The smallest absolute Gasteiger partial charge is 0.211 e. The fraction of sp³-hybridized carbons (Fsp3) is 0.786. The number of hydrogen-bond donors (Lipinski definition) is 1. The SMILES string of the molecule is Cc1cnc(C(C)N2CCCNC(C3CC3)C2)o1. The summed E-state index contributed by atoms with van der Waals surface area (Å²) in [6, 6.07) is 0.964. The zero-order valence-electron chi connectivity index (χ0n) is 11.4. The topological polar surface area (TPSA) is 41.3 Å². The van der Waals surface area contributed by atoms with Gasteiger partial charge in [-0.2, -0.15) is 0 Å². The standard InChI is InChI=1S/C14H23N3O/c1-10-8-16-14(18-10)11(2)17-7-3-6-15-13(9-17)12-4-5-12/h8,11-13,15H,3-7,9H2,1-2H3. The normalized spacial score (nSPS) is 28.0. The number of nitrogens with one attached hydrogen (secondary N) is 1. The number of rotatable bonds is 3. The number of nitrogens with zero attached hydrogens (tertiary/aromatic N) is 2. The number of oxazole rings is 1. The molecule has 2 unspecified atom stereocenters. The van der Waals surface area contributed by atoms with Crippen molar-refractivity contribution in [3.8, 4) is 0 Å². The third-order valence-electron chi connectivity index (χ3n) is 4.20. The molecule has 1 saturated heterocycles. The summed E-state index contributed by atoms with van der Waals surface area (Å²) in [5.74, 6) is 2.68. The van der Waals surface area contributed by atoms with Gasteiger partial charge in [0.2, 0.25) is 5.89 Å². The number of aryl methyl sites for hydroxylation is 1. The van der Waals surface area contributed by atoms with Crippen LogP contribution in [-0.4, -0.2) is 35.6 Å². The van der Waals surface area contributed by atoms with E-state index < -0.39 is 0 Å². The van der Waals surface area contributed by atoms with Gasteiger partial charge in [0.25, 0.3) is 0 Å². The van der Waals surface area contributed by atoms with Crippen molar-refractivity contribution in [1.82, 2.24) is 15.2 Å². The monoisotopic (exact) mass is 249 g/mol. The van der Waals surface area contributed by atoms with Gasteiger partial charge in [-0.1, -0.05) is 0 Å². The Morgan fingerprint density at radius 3 is 3.00 bits per heavy atom. The molecule has 0 spiro atoms. The Labute approximate surface area is 109 Å². The Morgan fingerprint density at radius 2 is 2.33 bits per heavy atom. The molecule has 1 aliphatic heterocycles. The molecule has 3 rings (SSSR count). The summed E-state index contributed by atoms with van der Waals surface area (Å²) in [7, 11) is 0. The quantitative estimate of drug-likeness (QED) is 0.891. The van der Waals surface area contributed by atoms with Crippen LogP contribution in [0, 0.1) is 12.8 Å². The molecule has 100 valence electrons. The molecule has 0 aromatic carbocycles. The predicted molar refractivity (Wildman–Crippen MR) is 70.4 cm³/mol. The van der Waals surface area contributed by atoms with Crippen LogP contribution in [0.4, 0.5) is 0 Å². The second-order valence-corrected chi connectivity index (χ2v) is 5.73. The van der Waals surface area contributed by atoms with Crippen molar-refractivity contribution in [2.45, 2.75) is 45.2 Å². The summed E-state index contributed by atoms with van der Waals surface area (Å²) >= 11 is 0. The van der Waals surface area contributed by atoms with E-state index in [1.807, 2.05) is 13.1 Å². The molecule has 1 aliphatic carbocycles. The lowest BCUT2D eigenvalue weighted by Gasteiger charge is -2.28. The van der Waals surface area contributed by atoms with E-state index in [9.17, 15) is 0 Å². The second kappa shape index (κ2) is 5.02. The molecule has 1 saturated carbocycles. The minimum atomic E-state index is 0.292. The van der Waals surface area contributed by atoms with Crippen molar-refractivity contribution < 1.29 is 4.42 Å². The highest BCUT2D eigenvalue weighted by molar-refractivity contribution is 4.98. The molecule has 18 heavy (non-hydrogen) atoms. The Hall–Kier alpha value is -0.870. The van der Waals surface area contributed by atoms with Gasteiger partial charge < -0.3 is 9.73 Å². The summed E-state index contributed by atoms with van der Waals surface area (Å²) in [4.78, 5) is 6.90. The van der Waals surface area contributed by atoms with Crippen LogP contribution in [0.15, 0.2) is 10.6 Å². The summed E-state index contributed by atoms with van der Waals surface area (Å²) in [5.41, 5.74) is 0. The predicted octanol–water partition coefficient (Wildman–Crippen LogP) is 2.12. The van der Waals surface area contributed by atoms with E-state index in [4.69, 9.17) is 4.42 Å². The first kappa shape index (κ1) is 12.2. The minimum absolute atomic E-state index is 0.292. The largest absolute Gasteiger partial charge is 0.444 e. The Bertz CT molecular complexity index is 399. The average Bonchev–Trinajstić information content (AvgIpc) is 3.14. The van der Waals surface area contributed by atoms with Gasteiger partial charge in [0.1, 0.15) is 5.76 Å². The molecule has 0 radical (unpaired) electrons. The van der Waals surface area contributed by atoms with Crippen LogP contribution in [0.1, 0.15) is 43.9 Å². The fourth-order valence-electron chi connectivity index (χ4n) is 2.87. The number of aromatic nitrogens is 1. The van der Waals surface area contributed by atoms with E-state index in [2.05, 4.69) is 22.1 Å². The van der Waals surface area contributed by atoms with Crippen LogP contribution < -0.4 is 5.32 Å². The molecule has 4 heteroatoms. The van der Waals surface area contributed by atoms with Crippen LogP contribution in [0.25, 0.3) is 0 Å². The first-order chi connectivity index (χ1) is 8.74. The Kier molecular flexibility index (Phi) is 3.39. The zero-order chi connectivity index (χ0) is 12.5. The molecular formula is C14H23N3O. The summed E-state index contributed by atoms with van der Waals surface area (Å²) in [5, 5.41) is 3.69. The molecule has 1 N–H and O–H groups in total. The molecule has 1 aromatic rings. The lowest BCUT2D eigenvalue weighted by molar-refractivity contribution is 0.174. The highest BCUT2D eigenvalue weighted by Crippen LogP contribution is 2.34. The fourth-order valence-corrected chi connectivity index (χ4v) is 2.87. The first-order valence-electron chi connectivity index (χ1n) is 7.14. The maximum atomic E-state index is 5.68. The van der Waals surface area contributed by atoms with Gasteiger partial charge in [-0.15, -0.1) is 0 Å². The van der Waals surface area contributed by atoms with Crippen molar-refractivity contribution in [2.75, 3.05) is 19.6 Å². The molecule has 4 nitrogen and oxygen atoms in total. The highest BCUT2D eigenvalue weighted by atomic mass is 16.4. The number of hydrogen-bond acceptors (Lipinski definition) is 4. The van der Waals surface area contributed by atoms with Crippen LogP contribution in [0.3, 0.4) is 0 Å². The Balaban J connectivity index is 1.69. The Morgan fingerprint density at radius 1 is 1.50 bits per heavy atom. The third kappa shape index (κ3) is 2.59. The lowest BCUT2D eigenvalue weighted by atomic mass is 10.1. The average molecular weight is 249 g/mol. The van der Waals surface area contributed by atoms with Crippen LogP contribution in [-0.2, 0) is 0 Å². The molecule has 0 amide bonds. The van der Waals surface area contributed by atoms with E-state index >= 15 is 0 Å². The van der Waals surface area contributed by atoms with E-state index in [0.717, 1.165) is 37.2 Å². The third-order valence-corrected chi connectivity index (χ3v) is 4.20. The second-order valence-electron chi connectivity index (χ2n) is 5.73. The van der Waals surface area contributed by atoms with Crippen molar-refractivity contribution in [2.24, 2.45) is 5.92 Å². The van der Waals surface area contributed by atoms with E-state index in [1.165, 1.54) is 19.3 Å². The molecule has 1 aromatic heterocycles. The van der Waals surface area contributed by atoms with Crippen molar-refractivity contribution in [3.63, 3.8) is 0 Å². The first-order valence-corrected chi connectivity index (χ1v) is 7.14. The van der Waals surface area contributed by atoms with Crippen molar-refractivity contribution >= 4 is 0 Å². The van der Waals surface area contributed by atoms with Crippen LogP contribution >= 0.6 is 0 Å². The molecule has 2 heterocycles. The van der Waals surface area contributed by atoms with Gasteiger partial charge in [-0.05, 0) is 45.6 Å². The van der Waals surface area contributed by atoms with Gasteiger partial charge in [0.15, 0.2) is 0 Å². The summed E-state index contributed by atoms with van der Waals surface area (Å²) in [6.45, 7) is 7.59. The summed E-state index contributed by atoms with van der Waals surface area (Å²) < 4.78 is 5.68. The van der Waals surface area contributed by atoms with Crippen LogP contribution in [0.2, 0.25) is 0 Å². The van der Waals surface area contributed by atoms with E-state index in [1.54, 1.807) is 0 Å². The minimum Gasteiger partial charge on any atom is -0.444 e. The maximum Gasteiger partial charge on any atom is 0.211 e. The zero-order valence-corrected chi connectivity index (χ0v) is 11.4. The lowest BCUT2D eigenvalue weighted by Crippen LogP contribution is -2.40. The molecular weight excluding hydrogens is 226 g/mol. The summed E-state index contributed by atoms with van der Waals surface area (Å²) in [6.07, 6.45) is 5.84. The van der Waals surface area contributed by atoms with Gasteiger partial charge >= 0.3 is 0 Å². The van der Waals surface area contributed by atoms with Crippen LogP contribution in [0.5, 0.6) is 0 Å². The van der Waals surface area contributed by atoms with Gasteiger partial charge in [0.05, 0.1) is 12.2 Å². The molecule has 0 bridgehead atoms. The van der Waals surface area contributed by atoms with Gasteiger partial charge in [0, 0.05) is 19.1 Å². The van der Waals surface area contributed by atoms with E-state index in [0.29, 0.717) is 12.1 Å². The van der Waals surface area contributed by atoms with Gasteiger partial charge in [-0.25, -0.2) is 4.98 Å². The van der Waals surface area contributed by atoms with Crippen molar-refractivity contribution in [3.05, 3.63) is 17.8 Å².